The summed E-state index contributed by atoms with van der Waals surface area (Å²) in [4.78, 5) is 17.4. The maximum atomic E-state index is 13.1. The Bertz CT molecular complexity index is 1060. The molecule has 0 spiro atoms. The molecule has 2 aromatic rings. The van der Waals surface area contributed by atoms with E-state index in [9.17, 15) is 13.2 Å². The van der Waals surface area contributed by atoms with Crippen molar-refractivity contribution in [3.05, 3.63) is 30.4 Å². The zero-order chi connectivity index (χ0) is 20.9. The number of nitrogens with zero attached hydrogens (tertiary/aromatic N) is 2. The minimum Gasteiger partial charge on any atom is -0.302 e. The van der Waals surface area contributed by atoms with E-state index >= 15 is 0 Å². The number of allylic oxidation sites excluding steroid dienone is 2. The van der Waals surface area contributed by atoms with Crippen LogP contribution in [0.1, 0.15) is 40.5 Å². The van der Waals surface area contributed by atoms with Crippen LogP contribution in [0.4, 0.5) is 5.13 Å². The molecule has 1 saturated carbocycles. The molecule has 1 aromatic carbocycles. The van der Waals surface area contributed by atoms with Gasteiger partial charge in [0.1, 0.15) is 0 Å². The maximum Gasteiger partial charge on any atom is 0.243 e. The smallest absolute Gasteiger partial charge is 0.243 e. The van der Waals surface area contributed by atoms with Gasteiger partial charge in [0.25, 0.3) is 0 Å². The van der Waals surface area contributed by atoms with Crippen LogP contribution in [0.3, 0.4) is 0 Å². The minimum absolute atomic E-state index is 0.0126. The Morgan fingerprint density at radius 2 is 1.90 bits per heavy atom. The molecule has 2 aliphatic rings. The molecule has 0 radical (unpaired) electrons. The molecule has 1 aromatic heterocycles. The standard InChI is InChI=1S/C21H27N3O3S2/c1-12(2)24(13(3)4)29(26,27)16-7-8-18-19(11-16)28-21(22-18)23-20(25)17-10-14-5-6-15(17)9-14/h5-8,11-15,17H,9-10H2,1-4H3,(H,22,23,25). The number of benzene rings is 1. The van der Waals surface area contributed by atoms with Crippen LogP contribution in [0, 0.1) is 17.8 Å². The van der Waals surface area contributed by atoms with E-state index in [1.54, 1.807) is 18.2 Å². The van der Waals surface area contributed by atoms with E-state index in [2.05, 4.69) is 22.5 Å². The molecule has 2 aliphatic carbocycles. The van der Waals surface area contributed by atoms with E-state index in [1.807, 2.05) is 27.7 Å². The number of carbonyl (C=O) groups is 1. The van der Waals surface area contributed by atoms with Crippen LogP contribution in [-0.2, 0) is 14.8 Å². The Morgan fingerprint density at radius 3 is 2.48 bits per heavy atom. The number of thiazole rings is 1. The summed E-state index contributed by atoms with van der Waals surface area (Å²) < 4.78 is 28.5. The summed E-state index contributed by atoms with van der Waals surface area (Å²) in [6.07, 6.45) is 6.34. The van der Waals surface area contributed by atoms with E-state index in [-0.39, 0.29) is 28.8 Å². The molecule has 156 valence electrons. The predicted molar refractivity (Wildman–Crippen MR) is 116 cm³/mol. The van der Waals surface area contributed by atoms with Gasteiger partial charge in [0.15, 0.2) is 5.13 Å². The van der Waals surface area contributed by atoms with Gasteiger partial charge in [0, 0.05) is 18.0 Å². The molecule has 1 amide bonds. The van der Waals surface area contributed by atoms with Crippen molar-refractivity contribution in [2.45, 2.75) is 57.5 Å². The highest BCUT2D eigenvalue weighted by Gasteiger charge is 2.40. The lowest BCUT2D eigenvalue weighted by atomic mass is 9.93. The van der Waals surface area contributed by atoms with Crippen LogP contribution in [0.15, 0.2) is 35.2 Å². The summed E-state index contributed by atoms with van der Waals surface area (Å²) >= 11 is 1.32. The van der Waals surface area contributed by atoms with Crippen molar-refractivity contribution < 1.29 is 13.2 Å². The minimum atomic E-state index is -3.61. The Morgan fingerprint density at radius 1 is 1.17 bits per heavy atom. The average molecular weight is 434 g/mol. The van der Waals surface area contributed by atoms with Gasteiger partial charge >= 0.3 is 0 Å². The normalized spacial score (nSPS) is 23.8. The number of carbonyl (C=O) groups excluding carboxylic acids is 1. The number of amides is 1. The van der Waals surface area contributed by atoms with E-state index in [0.717, 1.165) is 17.5 Å². The number of sulfonamides is 1. The van der Waals surface area contributed by atoms with E-state index in [0.29, 0.717) is 22.5 Å². The fourth-order valence-electron chi connectivity index (χ4n) is 4.67. The first kappa shape index (κ1) is 20.5. The Hall–Kier alpha value is -1.77. The molecule has 1 fully saturated rings. The summed E-state index contributed by atoms with van der Waals surface area (Å²) in [5.41, 5.74) is 0.692. The third-order valence-corrected chi connectivity index (χ3v) is 8.98. The zero-order valence-corrected chi connectivity index (χ0v) is 18.8. The van der Waals surface area contributed by atoms with Gasteiger partial charge in [-0.3, -0.25) is 4.79 Å². The molecule has 0 aliphatic heterocycles. The number of anilines is 1. The highest BCUT2D eigenvalue weighted by atomic mass is 32.2. The Kier molecular flexibility index (Phi) is 5.29. The fraction of sp³-hybridized carbons (Fsp3) is 0.524. The van der Waals surface area contributed by atoms with E-state index < -0.39 is 10.0 Å². The van der Waals surface area contributed by atoms with Gasteiger partial charge in [-0.15, -0.1) is 0 Å². The van der Waals surface area contributed by atoms with Gasteiger partial charge < -0.3 is 5.32 Å². The summed E-state index contributed by atoms with van der Waals surface area (Å²) in [5.74, 6) is 0.894. The molecule has 29 heavy (non-hydrogen) atoms. The monoisotopic (exact) mass is 433 g/mol. The van der Waals surface area contributed by atoms with Crippen molar-refractivity contribution >= 4 is 42.6 Å². The maximum absolute atomic E-state index is 13.1. The van der Waals surface area contributed by atoms with Gasteiger partial charge in [-0.05, 0) is 70.6 Å². The van der Waals surface area contributed by atoms with E-state index in [4.69, 9.17) is 0 Å². The topological polar surface area (TPSA) is 79.4 Å². The van der Waals surface area contributed by atoms with Crippen LogP contribution in [0.25, 0.3) is 10.2 Å². The molecule has 1 heterocycles. The van der Waals surface area contributed by atoms with Crippen LogP contribution in [0.5, 0.6) is 0 Å². The summed E-state index contributed by atoms with van der Waals surface area (Å²) in [6.45, 7) is 7.51. The molecule has 1 N–H and O–H groups in total. The Labute approximate surface area is 176 Å². The summed E-state index contributed by atoms with van der Waals surface area (Å²) in [7, 11) is -3.61. The zero-order valence-electron chi connectivity index (χ0n) is 17.1. The first-order valence-electron chi connectivity index (χ1n) is 10.1. The highest BCUT2D eigenvalue weighted by Crippen LogP contribution is 2.44. The predicted octanol–water partition coefficient (Wildman–Crippen LogP) is 4.25. The van der Waals surface area contributed by atoms with Crippen molar-refractivity contribution in [2.75, 3.05) is 5.32 Å². The molecule has 3 atom stereocenters. The lowest BCUT2D eigenvalue weighted by molar-refractivity contribution is -0.120. The molecule has 3 unspecified atom stereocenters. The number of fused-ring (bicyclic) bond motifs is 3. The van der Waals surface area contributed by atoms with Gasteiger partial charge in [-0.2, -0.15) is 4.31 Å². The third kappa shape index (κ3) is 3.73. The van der Waals surface area contributed by atoms with Crippen LogP contribution < -0.4 is 5.32 Å². The average Bonchev–Trinajstić information content (AvgIpc) is 3.34. The SMILES string of the molecule is CC(C)N(C(C)C)S(=O)(=O)c1ccc2nc(NC(=O)C3CC4C=CC3C4)sc2c1. The largest absolute Gasteiger partial charge is 0.302 e. The third-order valence-electron chi connectivity index (χ3n) is 5.80. The van der Waals surface area contributed by atoms with Crippen LogP contribution >= 0.6 is 11.3 Å². The van der Waals surface area contributed by atoms with Crippen molar-refractivity contribution in [1.29, 1.82) is 0 Å². The second-order valence-corrected chi connectivity index (χ2v) is 11.4. The van der Waals surface area contributed by atoms with Crippen LogP contribution in [0.2, 0.25) is 0 Å². The second-order valence-electron chi connectivity index (χ2n) is 8.55. The van der Waals surface area contributed by atoms with Gasteiger partial charge in [0.2, 0.25) is 15.9 Å². The number of nitrogens with one attached hydrogen (secondary N) is 1. The van der Waals surface area contributed by atoms with Crippen molar-refractivity contribution in [2.24, 2.45) is 17.8 Å². The first-order chi connectivity index (χ1) is 13.7. The van der Waals surface area contributed by atoms with Gasteiger partial charge in [-0.25, -0.2) is 13.4 Å². The first-order valence-corrected chi connectivity index (χ1v) is 12.4. The lowest BCUT2D eigenvalue weighted by Gasteiger charge is -2.29. The molecular formula is C21H27N3O3S2. The summed E-state index contributed by atoms with van der Waals surface area (Å²) in [5, 5.41) is 3.47. The molecule has 8 heteroatoms. The lowest BCUT2D eigenvalue weighted by Crippen LogP contribution is -2.41. The summed E-state index contributed by atoms with van der Waals surface area (Å²) in [6, 6.07) is 4.70. The molecular weight excluding hydrogens is 406 g/mol. The van der Waals surface area contributed by atoms with Crippen molar-refractivity contribution in [1.82, 2.24) is 9.29 Å². The molecule has 4 rings (SSSR count). The number of aromatic nitrogens is 1. The Balaban J connectivity index is 1.58. The second kappa shape index (κ2) is 7.49. The number of hydrogen-bond donors (Lipinski definition) is 1. The molecule has 0 saturated heterocycles. The number of hydrogen-bond acceptors (Lipinski definition) is 5. The molecule has 6 nitrogen and oxygen atoms in total. The fourth-order valence-corrected chi connectivity index (χ4v) is 7.52. The van der Waals surface area contributed by atoms with Gasteiger partial charge in [0.05, 0.1) is 15.1 Å². The molecule has 2 bridgehead atoms. The van der Waals surface area contributed by atoms with E-state index in [1.165, 1.54) is 15.6 Å². The quantitative estimate of drug-likeness (QED) is 0.691. The van der Waals surface area contributed by atoms with Gasteiger partial charge in [-0.1, -0.05) is 23.5 Å². The number of rotatable bonds is 6. The highest BCUT2D eigenvalue weighted by molar-refractivity contribution is 7.89. The van der Waals surface area contributed by atoms with Crippen molar-refractivity contribution in [3.63, 3.8) is 0 Å². The van der Waals surface area contributed by atoms with Crippen LogP contribution in [-0.4, -0.2) is 35.7 Å². The van der Waals surface area contributed by atoms with Crippen molar-refractivity contribution in [3.8, 4) is 0 Å².